The van der Waals surface area contributed by atoms with Crippen molar-refractivity contribution in [3.8, 4) is 0 Å². The summed E-state index contributed by atoms with van der Waals surface area (Å²) in [4.78, 5) is 28.8. The molecule has 2 aromatic rings. The largest absolute Gasteiger partial charge is 0.392 e. The lowest BCUT2D eigenvalue weighted by Gasteiger charge is -2.27. The maximum atomic E-state index is 10.5. The van der Waals surface area contributed by atoms with Gasteiger partial charge >= 0.3 is 11.6 Å². The molecule has 0 saturated carbocycles. The number of nitrogens with zero attached hydrogens (tertiary/aromatic N) is 5. The van der Waals surface area contributed by atoms with Crippen molar-refractivity contribution in [2.45, 2.75) is 0 Å². The number of ether oxygens (including phenoxy) is 1. The number of morpholine rings is 1. The first-order valence-corrected chi connectivity index (χ1v) is 8.37. The molecule has 13 heteroatoms. The van der Waals surface area contributed by atoms with Crippen LogP contribution in [0.1, 0.15) is 0 Å². The molecule has 1 aliphatic rings. The molecule has 27 heavy (non-hydrogen) atoms. The molecule has 4 N–H and O–H groups in total. The number of nitrogen functional groups attached to an aromatic ring is 2. The second-order valence-corrected chi connectivity index (χ2v) is 6.20. The number of nitro groups is 2. The van der Waals surface area contributed by atoms with Crippen molar-refractivity contribution in [1.29, 1.82) is 0 Å². The lowest BCUT2D eigenvalue weighted by molar-refractivity contribution is -0.388. The van der Waals surface area contributed by atoms with Crippen LogP contribution in [-0.2, 0) is 4.74 Å². The summed E-state index contributed by atoms with van der Waals surface area (Å²) < 4.78 is 5.84. The van der Waals surface area contributed by atoms with Crippen LogP contribution >= 0.6 is 15.9 Å². The van der Waals surface area contributed by atoms with Gasteiger partial charge < -0.3 is 41.3 Å². The Kier molecular flexibility index (Phi) is 6.79. The zero-order valence-corrected chi connectivity index (χ0v) is 15.5. The number of rotatable bonds is 3. The molecule has 1 saturated heterocycles. The van der Waals surface area contributed by atoms with E-state index in [-0.39, 0.29) is 23.0 Å². The quantitative estimate of drug-likeness (QED) is 0.526. The third kappa shape index (κ3) is 5.46. The number of hydrogen-bond donors (Lipinski definition) is 2. The van der Waals surface area contributed by atoms with Gasteiger partial charge in [-0.2, -0.15) is 0 Å². The number of anilines is 3. The van der Waals surface area contributed by atoms with Crippen LogP contribution in [0.3, 0.4) is 0 Å². The SMILES string of the molecule is Nc1cc(Br)cnc1[N+](=O)[O-].Nc1cc(N2CCOCC2)cnc1[N+](=O)[O-]. The minimum absolute atomic E-state index is 0.0596. The fourth-order valence-electron chi connectivity index (χ4n) is 2.21. The first-order valence-electron chi connectivity index (χ1n) is 7.57. The van der Waals surface area contributed by atoms with Gasteiger partial charge in [-0.15, -0.1) is 0 Å². The van der Waals surface area contributed by atoms with E-state index in [1.54, 1.807) is 6.07 Å². The van der Waals surface area contributed by atoms with Gasteiger partial charge in [0.15, 0.2) is 12.4 Å². The second-order valence-electron chi connectivity index (χ2n) is 5.29. The minimum atomic E-state index is -0.623. The monoisotopic (exact) mass is 441 g/mol. The molecule has 1 fully saturated rings. The smallest absolute Gasteiger partial charge is 0.386 e. The first-order chi connectivity index (χ1) is 12.8. The molecule has 0 bridgehead atoms. The summed E-state index contributed by atoms with van der Waals surface area (Å²) in [5, 5.41) is 20.7. The Morgan fingerprint density at radius 1 is 1.00 bits per heavy atom. The normalized spacial score (nSPS) is 13.4. The van der Waals surface area contributed by atoms with E-state index in [0.717, 1.165) is 18.8 Å². The van der Waals surface area contributed by atoms with Crippen molar-refractivity contribution < 1.29 is 14.6 Å². The van der Waals surface area contributed by atoms with E-state index < -0.39 is 9.85 Å². The Balaban J connectivity index is 0.000000208. The van der Waals surface area contributed by atoms with Gasteiger partial charge in [-0.3, -0.25) is 0 Å². The van der Waals surface area contributed by atoms with Crippen molar-refractivity contribution in [3.63, 3.8) is 0 Å². The topological polar surface area (TPSA) is 177 Å². The molecule has 0 aliphatic carbocycles. The molecule has 0 unspecified atom stereocenters. The summed E-state index contributed by atoms with van der Waals surface area (Å²) in [6, 6.07) is 3.02. The van der Waals surface area contributed by atoms with Gasteiger partial charge in [-0.05, 0) is 47.9 Å². The maximum absolute atomic E-state index is 10.5. The fourth-order valence-corrected chi connectivity index (χ4v) is 2.56. The molecular formula is C14H16BrN7O5. The number of aromatic nitrogens is 2. The van der Waals surface area contributed by atoms with E-state index in [1.807, 2.05) is 4.90 Å². The van der Waals surface area contributed by atoms with Crippen LogP contribution in [0.4, 0.5) is 28.7 Å². The zero-order chi connectivity index (χ0) is 20.0. The van der Waals surface area contributed by atoms with Crippen molar-refractivity contribution in [2.24, 2.45) is 0 Å². The van der Waals surface area contributed by atoms with Crippen LogP contribution in [0.25, 0.3) is 0 Å². The molecule has 144 valence electrons. The zero-order valence-electron chi connectivity index (χ0n) is 13.9. The Hall–Kier alpha value is -3.06. The minimum Gasteiger partial charge on any atom is -0.392 e. The van der Waals surface area contributed by atoms with E-state index in [0.29, 0.717) is 17.7 Å². The van der Waals surface area contributed by atoms with Crippen LogP contribution in [0.15, 0.2) is 29.0 Å². The average Bonchev–Trinajstić information content (AvgIpc) is 2.62. The van der Waals surface area contributed by atoms with Crippen molar-refractivity contribution in [3.05, 3.63) is 49.2 Å². The standard InChI is InChI=1S/C9H12N4O3.C5H4BrN3O2/c10-8-5-7(6-11-9(8)13(14)15)12-1-3-16-4-2-12;6-3-1-4(7)5(8-2-3)9(10)11/h5-6H,1-4,10H2;1-2H,7H2. The highest BCUT2D eigenvalue weighted by molar-refractivity contribution is 9.10. The van der Waals surface area contributed by atoms with Gasteiger partial charge in [0.1, 0.15) is 11.4 Å². The van der Waals surface area contributed by atoms with Gasteiger partial charge in [0.05, 0.1) is 23.4 Å². The molecule has 3 rings (SSSR count). The molecule has 0 atom stereocenters. The summed E-state index contributed by atoms with van der Waals surface area (Å²) in [6.07, 6.45) is 2.80. The van der Waals surface area contributed by atoms with Gasteiger partial charge in [0.2, 0.25) is 0 Å². The third-order valence-corrected chi connectivity index (χ3v) is 3.90. The highest BCUT2D eigenvalue weighted by atomic mass is 79.9. The number of halogens is 1. The summed E-state index contributed by atoms with van der Waals surface area (Å²) in [7, 11) is 0. The van der Waals surface area contributed by atoms with Crippen LogP contribution in [0, 0.1) is 20.2 Å². The van der Waals surface area contributed by atoms with Crippen molar-refractivity contribution in [1.82, 2.24) is 9.97 Å². The lowest BCUT2D eigenvalue weighted by Crippen LogP contribution is -2.36. The molecule has 0 amide bonds. The Morgan fingerprint density at radius 3 is 2.00 bits per heavy atom. The number of hydrogen-bond acceptors (Lipinski definition) is 10. The average molecular weight is 442 g/mol. The van der Waals surface area contributed by atoms with Gasteiger partial charge in [0, 0.05) is 13.1 Å². The second kappa shape index (κ2) is 9.05. The van der Waals surface area contributed by atoms with Gasteiger partial charge in [-0.25, -0.2) is 0 Å². The van der Waals surface area contributed by atoms with Crippen molar-refractivity contribution in [2.75, 3.05) is 42.7 Å². The first kappa shape index (κ1) is 20.3. The lowest BCUT2D eigenvalue weighted by atomic mass is 10.3. The molecule has 2 aromatic heterocycles. The molecule has 0 radical (unpaired) electrons. The fraction of sp³-hybridized carbons (Fsp3) is 0.286. The molecular weight excluding hydrogens is 426 g/mol. The summed E-state index contributed by atoms with van der Waals surface area (Å²) in [5.41, 5.74) is 11.8. The van der Waals surface area contributed by atoms with E-state index in [2.05, 4.69) is 25.9 Å². The number of nitrogens with two attached hydrogens (primary N) is 2. The van der Waals surface area contributed by atoms with Crippen LogP contribution in [-0.4, -0.2) is 46.1 Å². The van der Waals surface area contributed by atoms with Crippen molar-refractivity contribution >= 4 is 44.6 Å². The highest BCUT2D eigenvalue weighted by Gasteiger charge is 2.18. The highest BCUT2D eigenvalue weighted by Crippen LogP contribution is 2.24. The van der Waals surface area contributed by atoms with Gasteiger partial charge in [-0.1, -0.05) is 0 Å². The van der Waals surface area contributed by atoms with E-state index >= 15 is 0 Å². The summed E-state index contributed by atoms with van der Waals surface area (Å²) >= 11 is 3.08. The van der Waals surface area contributed by atoms with E-state index in [4.69, 9.17) is 16.2 Å². The molecule has 0 spiro atoms. The summed E-state index contributed by atoms with van der Waals surface area (Å²) in [6.45, 7) is 2.80. The molecule has 0 aromatic carbocycles. The van der Waals surface area contributed by atoms with Gasteiger partial charge in [0.25, 0.3) is 0 Å². The summed E-state index contributed by atoms with van der Waals surface area (Å²) in [5.74, 6) is -0.606. The van der Waals surface area contributed by atoms with E-state index in [1.165, 1.54) is 18.5 Å². The van der Waals surface area contributed by atoms with Crippen LogP contribution in [0.2, 0.25) is 0 Å². The third-order valence-electron chi connectivity index (χ3n) is 3.46. The van der Waals surface area contributed by atoms with E-state index in [9.17, 15) is 20.2 Å². The molecule has 1 aliphatic heterocycles. The molecule has 3 heterocycles. The predicted octanol–water partition coefficient (Wildman–Crippen LogP) is 1.74. The molecule has 12 nitrogen and oxygen atoms in total. The number of pyridine rings is 2. The maximum Gasteiger partial charge on any atom is 0.386 e. The van der Waals surface area contributed by atoms with Crippen LogP contribution in [0.5, 0.6) is 0 Å². The predicted molar refractivity (Wildman–Crippen MR) is 101 cm³/mol. The Morgan fingerprint density at radius 2 is 1.52 bits per heavy atom. The van der Waals surface area contributed by atoms with Crippen LogP contribution < -0.4 is 16.4 Å². The Bertz CT molecular complexity index is 845. The Labute approximate surface area is 161 Å².